The van der Waals surface area contributed by atoms with Gasteiger partial charge in [-0.1, -0.05) is 6.07 Å². The summed E-state index contributed by atoms with van der Waals surface area (Å²) in [4.78, 5) is 20.8. The fourth-order valence-corrected chi connectivity index (χ4v) is 2.55. The zero-order valence-electron chi connectivity index (χ0n) is 15.9. The number of carbonyl (C=O) groups excluding carboxylic acids is 1. The van der Waals surface area contributed by atoms with Gasteiger partial charge in [0, 0.05) is 31.2 Å². The van der Waals surface area contributed by atoms with Crippen LogP contribution in [0.3, 0.4) is 0 Å². The lowest BCUT2D eigenvalue weighted by Crippen LogP contribution is -2.24. The number of hydrogen-bond donors (Lipinski definition) is 1. The van der Waals surface area contributed by atoms with Crippen molar-refractivity contribution < 1.29 is 9.53 Å². The smallest absolute Gasteiger partial charge is 0.255 e. The minimum atomic E-state index is -0.296. The van der Waals surface area contributed by atoms with Crippen LogP contribution in [0.4, 0.5) is 0 Å². The highest BCUT2D eigenvalue weighted by molar-refractivity contribution is 5.95. The van der Waals surface area contributed by atoms with E-state index >= 15 is 0 Å². The molecule has 140 valence electrons. The van der Waals surface area contributed by atoms with Crippen LogP contribution in [-0.4, -0.2) is 31.3 Å². The normalized spacial score (nSPS) is 11.3. The van der Waals surface area contributed by atoms with Gasteiger partial charge in [0.15, 0.2) is 0 Å². The van der Waals surface area contributed by atoms with Gasteiger partial charge < -0.3 is 10.1 Å². The third kappa shape index (κ3) is 4.69. The van der Waals surface area contributed by atoms with E-state index in [1.165, 1.54) is 0 Å². The Balaban J connectivity index is 1.64. The molecule has 7 nitrogen and oxygen atoms in total. The maximum absolute atomic E-state index is 12.5. The first-order valence-electron chi connectivity index (χ1n) is 8.71. The Morgan fingerprint density at radius 1 is 1.15 bits per heavy atom. The second-order valence-electron chi connectivity index (χ2n) is 7.16. The van der Waals surface area contributed by atoms with Crippen LogP contribution < -0.4 is 10.1 Å². The molecule has 3 heterocycles. The quantitative estimate of drug-likeness (QED) is 0.751. The third-order valence-corrected chi connectivity index (χ3v) is 3.82. The molecule has 3 aromatic rings. The van der Waals surface area contributed by atoms with Crippen LogP contribution in [0, 0.1) is 6.92 Å². The van der Waals surface area contributed by atoms with Crippen molar-refractivity contribution in [2.24, 2.45) is 0 Å². The van der Waals surface area contributed by atoms with Crippen LogP contribution in [-0.2, 0) is 6.54 Å². The lowest BCUT2D eigenvalue weighted by Gasteiger charge is -2.20. The van der Waals surface area contributed by atoms with Crippen molar-refractivity contribution in [2.45, 2.75) is 39.8 Å². The number of hydrogen-bond acceptors (Lipinski definition) is 5. The van der Waals surface area contributed by atoms with Crippen molar-refractivity contribution in [3.8, 4) is 11.6 Å². The molecule has 3 rings (SSSR count). The molecule has 0 unspecified atom stereocenters. The highest BCUT2D eigenvalue weighted by Crippen LogP contribution is 2.16. The molecule has 0 saturated carbocycles. The SMILES string of the molecule is Cc1c(C(=O)NCc2ccc(OC(C)(C)C)nc2)cnn1-c1ccncc1. The number of rotatable bonds is 5. The lowest BCUT2D eigenvalue weighted by molar-refractivity contribution is 0.0950. The Labute approximate surface area is 158 Å². The van der Waals surface area contributed by atoms with Gasteiger partial charge >= 0.3 is 0 Å². The molecule has 0 atom stereocenters. The lowest BCUT2D eigenvalue weighted by atomic mass is 10.2. The van der Waals surface area contributed by atoms with Gasteiger partial charge in [0.1, 0.15) is 5.60 Å². The van der Waals surface area contributed by atoms with E-state index in [1.54, 1.807) is 35.5 Å². The third-order valence-electron chi connectivity index (χ3n) is 3.82. The molecule has 1 N–H and O–H groups in total. The van der Waals surface area contributed by atoms with E-state index in [1.807, 2.05) is 45.9 Å². The summed E-state index contributed by atoms with van der Waals surface area (Å²) in [7, 11) is 0. The number of amides is 1. The first kappa shape index (κ1) is 18.6. The van der Waals surface area contributed by atoms with Gasteiger partial charge in [-0.3, -0.25) is 9.78 Å². The molecule has 1 amide bonds. The molecule has 3 aromatic heterocycles. The Morgan fingerprint density at radius 3 is 2.52 bits per heavy atom. The van der Waals surface area contributed by atoms with E-state index in [2.05, 4.69) is 20.4 Å². The molecule has 0 aliphatic carbocycles. The van der Waals surface area contributed by atoms with Crippen LogP contribution in [0.25, 0.3) is 5.69 Å². The molecule has 0 radical (unpaired) electrons. The molecule has 0 aliphatic heterocycles. The summed E-state index contributed by atoms with van der Waals surface area (Å²) in [5.74, 6) is 0.384. The van der Waals surface area contributed by atoms with Crippen molar-refractivity contribution in [3.05, 3.63) is 65.9 Å². The van der Waals surface area contributed by atoms with E-state index in [4.69, 9.17) is 4.74 Å². The number of aromatic nitrogens is 4. The number of nitrogens with zero attached hydrogens (tertiary/aromatic N) is 4. The molecular weight excluding hydrogens is 342 g/mol. The molecule has 0 aromatic carbocycles. The summed E-state index contributed by atoms with van der Waals surface area (Å²) in [6, 6.07) is 7.38. The second-order valence-corrected chi connectivity index (χ2v) is 7.16. The Kier molecular flexibility index (Phi) is 5.21. The summed E-state index contributed by atoms with van der Waals surface area (Å²) in [5, 5.41) is 7.21. The highest BCUT2D eigenvalue weighted by atomic mass is 16.5. The van der Waals surface area contributed by atoms with Crippen LogP contribution >= 0.6 is 0 Å². The number of carbonyl (C=O) groups is 1. The number of ether oxygens (including phenoxy) is 1. The van der Waals surface area contributed by atoms with Crippen molar-refractivity contribution in [2.75, 3.05) is 0 Å². The highest BCUT2D eigenvalue weighted by Gasteiger charge is 2.15. The van der Waals surface area contributed by atoms with E-state index in [0.29, 0.717) is 18.0 Å². The average Bonchev–Trinajstić information content (AvgIpc) is 3.02. The van der Waals surface area contributed by atoms with Crippen molar-refractivity contribution in [3.63, 3.8) is 0 Å². The summed E-state index contributed by atoms with van der Waals surface area (Å²) >= 11 is 0. The topological polar surface area (TPSA) is 81.9 Å². The zero-order valence-corrected chi connectivity index (χ0v) is 15.9. The average molecular weight is 365 g/mol. The molecule has 0 spiro atoms. The maximum atomic E-state index is 12.5. The van der Waals surface area contributed by atoms with Crippen molar-refractivity contribution in [1.82, 2.24) is 25.1 Å². The molecule has 0 bridgehead atoms. The van der Waals surface area contributed by atoms with Crippen LogP contribution in [0.15, 0.2) is 49.1 Å². The molecular formula is C20H23N5O2. The van der Waals surface area contributed by atoms with E-state index in [-0.39, 0.29) is 11.5 Å². The Morgan fingerprint density at radius 2 is 1.89 bits per heavy atom. The van der Waals surface area contributed by atoms with E-state index in [0.717, 1.165) is 16.9 Å². The van der Waals surface area contributed by atoms with Gasteiger partial charge in [0.25, 0.3) is 5.91 Å². The number of nitrogens with one attached hydrogen (secondary N) is 1. The summed E-state index contributed by atoms with van der Waals surface area (Å²) in [6.07, 6.45) is 6.66. The van der Waals surface area contributed by atoms with E-state index < -0.39 is 0 Å². The molecule has 0 aliphatic rings. The zero-order chi connectivity index (χ0) is 19.4. The minimum absolute atomic E-state index is 0.178. The molecule has 27 heavy (non-hydrogen) atoms. The van der Waals surface area contributed by atoms with Gasteiger partial charge in [0.2, 0.25) is 5.88 Å². The molecule has 0 fully saturated rings. The van der Waals surface area contributed by atoms with Crippen LogP contribution in [0.5, 0.6) is 5.88 Å². The van der Waals surface area contributed by atoms with Gasteiger partial charge in [-0.25, -0.2) is 9.67 Å². The number of pyridine rings is 2. The standard InChI is InChI=1S/C20H23N5O2/c1-14-17(13-24-25(14)16-7-9-21-10-8-16)19(26)23-12-15-5-6-18(22-11-15)27-20(2,3)4/h5-11,13H,12H2,1-4H3,(H,23,26). The van der Waals surface area contributed by atoms with Crippen molar-refractivity contribution in [1.29, 1.82) is 0 Å². The first-order valence-corrected chi connectivity index (χ1v) is 8.71. The largest absolute Gasteiger partial charge is 0.472 e. The monoisotopic (exact) mass is 365 g/mol. The van der Waals surface area contributed by atoms with Gasteiger partial charge in [-0.15, -0.1) is 0 Å². The van der Waals surface area contributed by atoms with Crippen LogP contribution in [0.1, 0.15) is 42.4 Å². The second kappa shape index (κ2) is 7.57. The summed E-state index contributed by atoms with van der Waals surface area (Å²) in [6.45, 7) is 8.15. The Bertz CT molecular complexity index is 912. The predicted molar refractivity (Wildman–Crippen MR) is 102 cm³/mol. The van der Waals surface area contributed by atoms with E-state index in [9.17, 15) is 4.79 Å². The van der Waals surface area contributed by atoms with Crippen molar-refractivity contribution >= 4 is 5.91 Å². The molecule has 0 saturated heterocycles. The van der Waals surface area contributed by atoms with Gasteiger partial charge in [0.05, 0.1) is 23.1 Å². The summed E-state index contributed by atoms with van der Waals surface area (Å²) in [5.41, 5.74) is 2.76. The maximum Gasteiger partial charge on any atom is 0.255 e. The molecule has 7 heteroatoms. The Hall–Kier alpha value is -3.22. The van der Waals surface area contributed by atoms with Crippen LogP contribution in [0.2, 0.25) is 0 Å². The fraction of sp³-hybridized carbons (Fsp3) is 0.300. The first-order chi connectivity index (χ1) is 12.8. The van der Waals surface area contributed by atoms with Gasteiger partial charge in [-0.2, -0.15) is 5.10 Å². The summed E-state index contributed by atoms with van der Waals surface area (Å²) < 4.78 is 7.42. The predicted octanol–water partition coefficient (Wildman–Crippen LogP) is 3.08. The minimum Gasteiger partial charge on any atom is -0.472 e. The fourth-order valence-electron chi connectivity index (χ4n) is 2.55. The van der Waals surface area contributed by atoms with Gasteiger partial charge in [-0.05, 0) is 45.4 Å².